The number of nitrogens with zero attached hydrogens (tertiary/aromatic N) is 3. The highest BCUT2D eigenvalue weighted by molar-refractivity contribution is 5.09. The van der Waals surface area contributed by atoms with E-state index in [0.717, 1.165) is 12.1 Å². The summed E-state index contributed by atoms with van der Waals surface area (Å²) in [6, 6.07) is 6.16. The average Bonchev–Trinajstić information content (AvgIpc) is 2.89. The van der Waals surface area contributed by atoms with Crippen LogP contribution in [-0.2, 0) is 6.42 Å². The molecule has 0 saturated carbocycles. The first kappa shape index (κ1) is 13.7. The van der Waals surface area contributed by atoms with E-state index in [2.05, 4.69) is 34.3 Å². The maximum absolute atomic E-state index is 5.35. The predicted molar refractivity (Wildman–Crippen MR) is 72.9 cm³/mol. The standard InChI is InChI=1S/C14H20N4O/c1-4-12(15-3)10(2)14-17-13(18-19-14)9-11-7-5-6-8-16-11/h5-8,10,12,15H,4,9H2,1-3H3. The Morgan fingerprint density at radius 2 is 2.21 bits per heavy atom. The summed E-state index contributed by atoms with van der Waals surface area (Å²) in [7, 11) is 1.95. The average molecular weight is 260 g/mol. The van der Waals surface area contributed by atoms with E-state index < -0.39 is 0 Å². The van der Waals surface area contributed by atoms with Gasteiger partial charge in [-0.1, -0.05) is 25.1 Å². The van der Waals surface area contributed by atoms with Crippen LogP contribution < -0.4 is 5.32 Å². The molecule has 0 aliphatic rings. The third-order valence-electron chi connectivity index (χ3n) is 3.35. The van der Waals surface area contributed by atoms with Crippen molar-refractivity contribution in [1.29, 1.82) is 0 Å². The van der Waals surface area contributed by atoms with Gasteiger partial charge in [-0.05, 0) is 25.6 Å². The van der Waals surface area contributed by atoms with Gasteiger partial charge in [0.25, 0.3) is 0 Å². The largest absolute Gasteiger partial charge is 0.339 e. The molecule has 5 nitrogen and oxygen atoms in total. The lowest BCUT2D eigenvalue weighted by atomic mass is 10.00. The van der Waals surface area contributed by atoms with E-state index in [4.69, 9.17) is 4.52 Å². The first-order valence-corrected chi connectivity index (χ1v) is 6.64. The highest BCUT2D eigenvalue weighted by atomic mass is 16.5. The summed E-state index contributed by atoms with van der Waals surface area (Å²) in [4.78, 5) is 8.73. The van der Waals surface area contributed by atoms with Crippen LogP contribution in [0, 0.1) is 0 Å². The van der Waals surface area contributed by atoms with Crippen molar-refractivity contribution in [2.24, 2.45) is 0 Å². The number of hydrogen-bond acceptors (Lipinski definition) is 5. The summed E-state index contributed by atoms with van der Waals surface area (Å²) < 4.78 is 5.35. The van der Waals surface area contributed by atoms with Crippen molar-refractivity contribution >= 4 is 0 Å². The lowest BCUT2D eigenvalue weighted by Crippen LogP contribution is -2.30. The Morgan fingerprint density at radius 1 is 1.37 bits per heavy atom. The minimum Gasteiger partial charge on any atom is -0.339 e. The topological polar surface area (TPSA) is 63.8 Å². The summed E-state index contributed by atoms with van der Waals surface area (Å²) in [5, 5.41) is 7.30. The fourth-order valence-electron chi connectivity index (χ4n) is 2.17. The molecule has 0 radical (unpaired) electrons. The Balaban J connectivity index is 2.06. The van der Waals surface area contributed by atoms with Crippen molar-refractivity contribution in [2.45, 2.75) is 38.6 Å². The fraction of sp³-hybridized carbons (Fsp3) is 0.500. The molecule has 0 amide bonds. The number of hydrogen-bond donors (Lipinski definition) is 1. The van der Waals surface area contributed by atoms with Crippen molar-refractivity contribution in [3.63, 3.8) is 0 Å². The second-order valence-corrected chi connectivity index (χ2v) is 4.64. The monoisotopic (exact) mass is 260 g/mol. The Bertz CT molecular complexity index is 493. The normalized spacial score (nSPS) is 14.3. The predicted octanol–water partition coefficient (Wildman–Crippen LogP) is 2.16. The summed E-state index contributed by atoms with van der Waals surface area (Å²) in [6.07, 6.45) is 3.40. The molecule has 0 fully saturated rings. The number of rotatable bonds is 6. The molecule has 0 spiro atoms. The lowest BCUT2D eigenvalue weighted by Gasteiger charge is -2.18. The summed E-state index contributed by atoms with van der Waals surface area (Å²) in [5.74, 6) is 1.58. The van der Waals surface area contributed by atoms with E-state index in [0.29, 0.717) is 24.2 Å². The van der Waals surface area contributed by atoms with Gasteiger partial charge in [0.15, 0.2) is 5.82 Å². The van der Waals surface area contributed by atoms with Crippen molar-refractivity contribution in [2.75, 3.05) is 7.05 Å². The zero-order valence-corrected chi connectivity index (χ0v) is 11.6. The van der Waals surface area contributed by atoms with Gasteiger partial charge in [-0.15, -0.1) is 0 Å². The molecule has 1 N–H and O–H groups in total. The number of aromatic nitrogens is 3. The quantitative estimate of drug-likeness (QED) is 0.862. The van der Waals surface area contributed by atoms with Crippen LogP contribution in [0.2, 0.25) is 0 Å². The van der Waals surface area contributed by atoms with Crippen LogP contribution in [0.1, 0.15) is 43.6 Å². The van der Waals surface area contributed by atoms with E-state index in [9.17, 15) is 0 Å². The molecule has 0 aliphatic carbocycles. The Labute approximate surface area is 113 Å². The van der Waals surface area contributed by atoms with Crippen molar-refractivity contribution < 1.29 is 4.52 Å². The third-order valence-corrected chi connectivity index (χ3v) is 3.35. The van der Waals surface area contributed by atoms with Gasteiger partial charge in [0.05, 0.1) is 12.3 Å². The van der Waals surface area contributed by atoms with Gasteiger partial charge in [0.2, 0.25) is 5.89 Å². The number of likely N-dealkylation sites (N-methyl/N-ethyl adjacent to an activating group) is 1. The molecular weight excluding hydrogens is 240 g/mol. The molecule has 2 aromatic heterocycles. The smallest absolute Gasteiger partial charge is 0.231 e. The molecule has 19 heavy (non-hydrogen) atoms. The molecule has 2 atom stereocenters. The van der Waals surface area contributed by atoms with E-state index >= 15 is 0 Å². The maximum Gasteiger partial charge on any atom is 0.231 e. The van der Waals surface area contributed by atoms with Crippen LogP contribution in [-0.4, -0.2) is 28.2 Å². The maximum atomic E-state index is 5.35. The van der Waals surface area contributed by atoms with Crippen molar-refractivity contribution in [1.82, 2.24) is 20.4 Å². The van der Waals surface area contributed by atoms with Crippen LogP contribution in [0.3, 0.4) is 0 Å². The molecule has 2 unspecified atom stereocenters. The Kier molecular flexibility index (Phi) is 4.63. The molecule has 0 aliphatic heterocycles. The SMILES string of the molecule is CCC(NC)C(C)c1nc(Cc2ccccn2)no1. The van der Waals surface area contributed by atoms with Gasteiger partial charge in [-0.2, -0.15) is 4.98 Å². The lowest BCUT2D eigenvalue weighted by molar-refractivity contribution is 0.324. The zero-order chi connectivity index (χ0) is 13.7. The van der Waals surface area contributed by atoms with Crippen molar-refractivity contribution in [3.8, 4) is 0 Å². The fourth-order valence-corrected chi connectivity index (χ4v) is 2.17. The highest BCUT2D eigenvalue weighted by Gasteiger charge is 2.21. The third kappa shape index (κ3) is 3.38. The molecule has 0 bridgehead atoms. The van der Waals surface area contributed by atoms with Gasteiger partial charge in [0, 0.05) is 17.9 Å². The molecular formula is C14H20N4O. The second-order valence-electron chi connectivity index (χ2n) is 4.64. The van der Waals surface area contributed by atoms with Crippen LogP contribution in [0.4, 0.5) is 0 Å². The first-order valence-electron chi connectivity index (χ1n) is 6.64. The van der Waals surface area contributed by atoms with Crippen LogP contribution >= 0.6 is 0 Å². The van der Waals surface area contributed by atoms with Gasteiger partial charge >= 0.3 is 0 Å². The molecule has 5 heteroatoms. The summed E-state index contributed by atoms with van der Waals surface area (Å²) >= 11 is 0. The van der Waals surface area contributed by atoms with Gasteiger partial charge in [-0.25, -0.2) is 0 Å². The summed E-state index contributed by atoms with van der Waals surface area (Å²) in [5.41, 5.74) is 0.947. The van der Waals surface area contributed by atoms with E-state index in [1.165, 1.54) is 0 Å². The Hall–Kier alpha value is -1.75. The number of pyridine rings is 1. The Morgan fingerprint density at radius 3 is 2.84 bits per heavy atom. The molecule has 0 saturated heterocycles. The molecule has 0 aromatic carbocycles. The molecule has 2 aromatic rings. The van der Waals surface area contributed by atoms with Crippen molar-refractivity contribution in [3.05, 3.63) is 41.8 Å². The molecule has 2 rings (SSSR count). The van der Waals surface area contributed by atoms with Gasteiger partial charge in [-0.3, -0.25) is 4.98 Å². The summed E-state index contributed by atoms with van der Waals surface area (Å²) in [6.45, 7) is 4.24. The van der Waals surface area contributed by atoms with E-state index in [-0.39, 0.29) is 5.92 Å². The minimum absolute atomic E-state index is 0.208. The highest BCUT2D eigenvalue weighted by Crippen LogP contribution is 2.19. The molecule has 2 heterocycles. The van der Waals surface area contributed by atoms with Crippen LogP contribution in [0.15, 0.2) is 28.9 Å². The minimum atomic E-state index is 0.208. The molecule has 102 valence electrons. The second kappa shape index (κ2) is 6.43. The van der Waals surface area contributed by atoms with Gasteiger partial charge < -0.3 is 9.84 Å². The first-order chi connectivity index (χ1) is 9.24. The van der Waals surface area contributed by atoms with E-state index in [1.54, 1.807) is 6.20 Å². The van der Waals surface area contributed by atoms with Crippen LogP contribution in [0.5, 0.6) is 0 Å². The van der Waals surface area contributed by atoms with Crippen LogP contribution in [0.25, 0.3) is 0 Å². The zero-order valence-electron chi connectivity index (χ0n) is 11.6. The van der Waals surface area contributed by atoms with Gasteiger partial charge in [0.1, 0.15) is 0 Å². The van der Waals surface area contributed by atoms with E-state index in [1.807, 2.05) is 25.2 Å². The number of nitrogens with one attached hydrogen (secondary N) is 1.